The molecule has 0 fully saturated rings. The van der Waals surface area contributed by atoms with Crippen molar-refractivity contribution in [3.63, 3.8) is 0 Å². The Labute approximate surface area is 170 Å². The topological polar surface area (TPSA) is 66.4 Å². The van der Waals surface area contributed by atoms with E-state index in [9.17, 15) is 14.7 Å². The third-order valence-corrected chi connectivity index (χ3v) is 5.51. The lowest BCUT2D eigenvalue weighted by Gasteiger charge is -2.07. The summed E-state index contributed by atoms with van der Waals surface area (Å²) in [5.41, 5.74) is 2.23. The number of nitrogens with one attached hydrogen (secondary N) is 1. The summed E-state index contributed by atoms with van der Waals surface area (Å²) in [5, 5.41) is 15.5. The van der Waals surface area contributed by atoms with E-state index >= 15 is 0 Å². The van der Waals surface area contributed by atoms with Gasteiger partial charge in [0.05, 0.1) is 0 Å². The molecule has 0 saturated heterocycles. The lowest BCUT2D eigenvalue weighted by atomic mass is 10.0. The van der Waals surface area contributed by atoms with Crippen LogP contribution in [-0.2, 0) is 11.2 Å². The van der Waals surface area contributed by atoms with Crippen molar-refractivity contribution < 1.29 is 14.7 Å². The molecule has 3 rings (SSSR count). The summed E-state index contributed by atoms with van der Waals surface area (Å²) >= 11 is 13.2. The molecule has 138 valence electrons. The summed E-state index contributed by atoms with van der Waals surface area (Å²) in [4.78, 5) is 24.1. The van der Waals surface area contributed by atoms with Gasteiger partial charge in [-0.3, -0.25) is 4.79 Å². The first-order chi connectivity index (χ1) is 13.0. The van der Waals surface area contributed by atoms with Crippen molar-refractivity contribution in [2.75, 3.05) is 5.32 Å². The van der Waals surface area contributed by atoms with Crippen LogP contribution in [0.1, 0.15) is 22.3 Å². The van der Waals surface area contributed by atoms with Gasteiger partial charge in [-0.05, 0) is 35.7 Å². The zero-order valence-corrected chi connectivity index (χ0v) is 16.4. The van der Waals surface area contributed by atoms with E-state index in [1.54, 1.807) is 35.7 Å². The number of thiophene rings is 1. The molecule has 1 heterocycles. The smallest absolute Gasteiger partial charge is 0.339 e. The van der Waals surface area contributed by atoms with E-state index in [1.807, 2.05) is 18.2 Å². The van der Waals surface area contributed by atoms with Gasteiger partial charge in [0.15, 0.2) is 0 Å². The Hall–Kier alpha value is -2.34. The molecule has 4 nitrogen and oxygen atoms in total. The van der Waals surface area contributed by atoms with Crippen molar-refractivity contribution in [3.05, 3.63) is 75.1 Å². The third kappa shape index (κ3) is 4.69. The number of carbonyl (C=O) groups excluding carboxylic acids is 1. The number of hydrogen-bond donors (Lipinski definition) is 2. The number of benzene rings is 2. The molecule has 0 aliphatic heterocycles. The minimum atomic E-state index is -1.09. The van der Waals surface area contributed by atoms with Gasteiger partial charge >= 0.3 is 5.97 Å². The number of halogens is 2. The number of carboxylic acids is 1. The molecule has 0 aliphatic rings. The fourth-order valence-corrected chi connectivity index (χ4v) is 3.98. The van der Waals surface area contributed by atoms with E-state index in [2.05, 4.69) is 5.32 Å². The van der Waals surface area contributed by atoms with Crippen molar-refractivity contribution in [2.45, 2.75) is 12.8 Å². The highest BCUT2D eigenvalue weighted by Crippen LogP contribution is 2.36. The highest BCUT2D eigenvalue weighted by atomic mass is 35.5. The summed E-state index contributed by atoms with van der Waals surface area (Å²) < 4.78 is 0. The van der Waals surface area contributed by atoms with Crippen LogP contribution in [0.2, 0.25) is 10.0 Å². The molecule has 0 radical (unpaired) electrons. The fraction of sp³-hybridized carbons (Fsp3) is 0.100. The van der Waals surface area contributed by atoms with Crippen molar-refractivity contribution in [3.8, 4) is 11.1 Å². The van der Waals surface area contributed by atoms with Crippen LogP contribution in [0.3, 0.4) is 0 Å². The van der Waals surface area contributed by atoms with Crippen molar-refractivity contribution in [1.82, 2.24) is 0 Å². The van der Waals surface area contributed by atoms with Crippen LogP contribution in [0, 0.1) is 0 Å². The summed E-state index contributed by atoms with van der Waals surface area (Å²) in [6, 6.07) is 14.2. The molecule has 0 bridgehead atoms. The minimum Gasteiger partial charge on any atom is -0.478 e. The Morgan fingerprint density at radius 3 is 2.41 bits per heavy atom. The van der Waals surface area contributed by atoms with E-state index in [1.165, 1.54) is 11.3 Å². The van der Waals surface area contributed by atoms with Gasteiger partial charge in [0.25, 0.3) is 0 Å². The Bertz CT molecular complexity index is 983. The van der Waals surface area contributed by atoms with Crippen molar-refractivity contribution >= 4 is 51.4 Å². The Kier molecular flexibility index (Phi) is 6.16. The van der Waals surface area contributed by atoms with Gasteiger partial charge in [0, 0.05) is 27.4 Å². The van der Waals surface area contributed by atoms with Gasteiger partial charge in [-0.15, -0.1) is 11.3 Å². The normalized spacial score (nSPS) is 10.6. The second-order valence-corrected chi connectivity index (χ2v) is 7.53. The van der Waals surface area contributed by atoms with E-state index < -0.39 is 5.97 Å². The van der Waals surface area contributed by atoms with Crippen LogP contribution in [0.15, 0.2) is 53.9 Å². The second-order valence-electron chi connectivity index (χ2n) is 5.81. The molecule has 1 aromatic heterocycles. The van der Waals surface area contributed by atoms with Gasteiger partial charge in [-0.25, -0.2) is 4.79 Å². The molecule has 0 atom stereocenters. The van der Waals surface area contributed by atoms with E-state index in [0.717, 1.165) is 11.1 Å². The number of aromatic carboxylic acids is 1. The van der Waals surface area contributed by atoms with E-state index in [-0.39, 0.29) is 17.9 Å². The van der Waals surface area contributed by atoms with Gasteiger partial charge < -0.3 is 10.4 Å². The molecule has 27 heavy (non-hydrogen) atoms. The van der Waals surface area contributed by atoms with E-state index in [4.69, 9.17) is 23.2 Å². The minimum absolute atomic E-state index is 0.0772. The third-order valence-electron chi connectivity index (χ3n) is 3.99. The first-order valence-electron chi connectivity index (χ1n) is 8.09. The number of rotatable bonds is 6. The maximum Gasteiger partial charge on any atom is 0.339 e. The van der Waals surface area contributed by atoms with Crippen LogP contribution in [0.4, 0.5) is 5.00 Å². The van der Waals surface area contributed by atoms with Crippen LogP contribution in [0.25, 0.3) is 11.1 Å². The molecule has 7 heteroatoms. The number of amides is 1. The number of hydrogen-bond acceptors (Lipinski definition) is 3. The zero-order valence-electron chi connectivity index (χ0n) is 14.0. The molecule has 2 N–H and O–H groups in total. The summed E-state index contributed by atoms with van der Waals surface area (Å²) in [6.07, 6.45) is 0.681. The average Bonchev–Trinajstić information content (AvgIpc) is 3.05. The predicted molar refractivity (Wildman–Crippen MR) is 110 cm³/mol. The maximum atomic E-state index is 12.3. The largest absolute Gasteiger partial charge is 0.478 e. The molecular weight excluding hydrogens is 405 g/mol. The molecule has 1 amide bonds. The Morgan fingerprint density at radius 1 is 1.04 bits per heavy atom. The molecule has 0 unspecified atom stereocenters. The SMILES string of the molecule is O=C(CCc1ccccc1Cl)Nc1scc(-c2ccc(Cl)cc2)c1C(=O)O. The molecular formula is C20H15Cl2NO3S. The summed E-state index contributed by atoms with van der Waals surface area (Å²) in [5.74, 6) is -1.36. The molecule has 3 aromatic rings. The number of anilines is 1. The van der Waals surface area contributed by atoms with Crippen LogP contribution < -0.4 is 5.32 Å². The lowest BCUT2D eigenvalue weighted by molar-refractivity contribution is -0.116. The van der Waals surface area contributed by atoms with Crippen molar-refractivity contribution in [2.24, 2.45) is 0 Å². The number of carbonyl (C=O) groups is 2. The Morgan fingerprint density at radius 2 is 1.74 bits per heavy atom. The lowest BCUT2D eigenvalue weighted by Crippen LogP contribution is -2.14. The van der Waals surface area contributed by atoms with Gasteiger partial charge in [-0.2, -0.15) is 0 Å². The molecule has 0 spiro atoms. The monoisotopic (exact) mass is 419 g/mol. The van der Waals surface area contributed by atoms with Gasteiger partial charge in [-0.1, -0.05) is 53.5 Å². The fourth-order valence-electron chi connectivity index (χ4n) is 2.64. The first-order valence-corrected chi connectivity index (χ1v) is 9.73. The second kappa shape index (κ2) is 8.57. The number of aryl methyl sites for hydroxylation is 1. The van der Waals surface area contributed by atoms with E-state index in [0.29, 0.717) is 27.0 Å². The quantitative estimate of drug-likeness (QED) is 0.515. The highest BCUT2D eigenvalue weighted by molar-refractivity contribution is 7.15. The summed E-state index contributed by atoms with van der Waals surface area (Å²) in [7, 11) is 0. The maximum absolute atomic E-state index is 12.3. The van der Waals surface area contributed by atoms with Gasteiger partial charge in [0.1, 0.15) is 10.6 Å². The standard InChI is InChI=1S/C20H15Cl2NO3S/c21-14-8-5-12(6-9-14)15-11-27-19(18(15)20(25)26)23-17(24)10-7-13-3-1-2-4-16(13)22/h1-6,8-9,11H,7,10H2,(H,23,24)(H,25,26). The number of carboxylic acid groups (broad SMARTS) is 1. The van der Waals surface area contributed by atoms with Crippen molar-refractivity contribution in [1.29, 1.82) is 0 Å². The van der Waals surface area contributed by atoms with Crippen LogP contribution >= 0.6 is 34.5 Å². The van der Waals surface area contributed by atoms with Crippen LogP contribution in [-0.4, -0.2) is 17.0 Å². The zero-order chi connectivity index (χ0) is 19.4. The Balaban J connectivity index is 1.76. The average molecular weight is 420 g/mol. The van der Waals surface area contributed by atoms with Crippen LogP contribution in [0.5, 0.6) is 0 Å². The molecule has 2 aromatic carbocycles. The highest BCUT2D eigenvalue weighted by Gasteiger charge is 2.21. The molecule has 0 saturated carbocycles. The molecule has 0 aliphatic carbocycles. The predicted octanol–water partition coefficient (Wildman–Crippen LogP) is 5.99. The summed E-state index contributed by atoms with van der Waals surface area (Å²) in [6.45, 7) is 0. The van der Waals surface area contributed by atoms with Gasteiger partial charge in [0.2, 0.25) is 5.91 Å². The first kappa shape index (κ1) is 19.4.